The van der Waals surface area contributed by atoms with E-state index in [2.05, 4.69) is 5.32 Å². The summed E-state index contributed by atoms with van der Waals surface area (Å²) in [5.74, 6) is -0.923. The van der Waals surface area contributed by atoms with Crippen LogP contribution in [0.4, 0.5) is 4.39 Å². The Labute approximate surface area is 222 Å². The second-order valence-electron chi connectivity index (χ2n) is 9.20. The molecule has 0 aromatic heterocycles. The molecule has 2 N–H and O–H groups in total. The van der Waals surface area contributed by atoms with Crippen LogP contribution in [0.1, 0.15) is 38.4 Å². The second-order valence-corrected chi connectivity index (χ2v) is 13.4. The number of sulfonamides is 1. The van der Waals surface area contributed by atoms with Crippen molar-refractivity contribution in [3.63, 3.8) is 0 Å². The van der Waals surface area contributed by atoms with E-state index in [9.17, 15) is 26.7 Å². The monoisotopic (exact) mass is 572 g/mol. The molecule has 0 spiro atoms. The van der Waals surface area contributed by atoms with Crippen LogP contribution in [0, 0.1) is 0 Å². The van der Waals surface area contributed by atoms with Crippen molar-refractivity contribution in [3.05, 3.63) is 64.5 Å². The Morgan fingerprint density at radius 2 is 1.73 bits per heavy atom. The molecule has 0 saturated carbocycles. The molecule has 0 radical (unpaired) electrons. The van der Waals surface area contributed by atoms with Gasteiger partial charge >= 0.3 is 0 Å². The Kier molecular flexibility index (Phi) is 8.86. The minimum Gasteiger partial charge on any atom is -0.389 e. The van der Waals surface area contributed by atoms with Crippen LogP contribution in [0.5, 0.6) is 0 Å². The molecule has 1 aliphatic heterocycles. The number of halogens is 2. The first kappa shape index (κ1) is 29.2. The van der Waals surface area contributed by atoms with E-state index in [1.165, 1.54) is 25.1 Å². The molecule has 1 fully saturated rings. The maximum atomic E-state index is 15.5. The van der Waals surface area contributed by atoms with Crippen molar-refractivity contribution in [2.24, 2.45) is 0 Å². The molecule has 1 heterocycles. The predicted octanol–water partition coefficient (Wildman–Crippen LogP) is 3.62. The van der Waals surface area contributed by atoms with Crippen LogP contribution in [0.25, 0.3) is 11.1 Å². The fourth-order valence-electron chi connectivity index (χ4n) is 4.01. The number of rotatable bonds is 8. The number of hydrogen-bond donors (Lipinski definition) is 2. The van der Waals surface area contributed by atoms with Crippen LogP contribution in [0.15, 0.2) is 58.8 Å². The molecule has 8 nitrogen and oxygen atoms in total. The zero-order valence-electron chi connectivity index (χ0n) is 20.7. The van der Waals surface area contributed by atoms with Crippen molar-refractivity contribution < 1.29 is 31.1 Å². The molecule has 12 heteroatoms. The number of nitrogens with zero attached hydrogens (tertiary/aromatic N) is 1. The van der Waals surface area contributed by atoms with Gasteiger partial charge in [0.1, 0.15) is 0 Å². The number of alkyl halides is 1. The van der Waals surface area contributed by atoms with E-state index in [0.29, 0.717) is 21.7 Å². The summed E-state index contributed by atoms with van der Waals surface area (Å²) >= 11 is 6.36. The molecule has 3 rings (SSSR count). The Morgan fingerprint density at radius 1 is 1.11 bits per heavy atom. The highest BCUT2D eigenvalue weighted by atomic mass is 35.5. The van der Waals surface area contributed by atoms with Gasteiger partial charge in [-0.3, -0.25) is 4.79 Å². The third kappa shape index (κ3) is 6.97. The Morgan fingerprint density at radius 3 is 2.30 bits per heavy atom. The number of aliphatic hydroxyl groups excluding tert-OH is 1. The fraction of sp³-hybridized carbons (Fsp3) is 0.400. The highest BCUT2D eigenvalue weighted by Crippen LogP contribution is 2.37. The molecule has 0 bridgehead atoms. The van der Waals surface area contributed by atoms with Crippen LogP contribution in [-0.2, 0) is 24.7 Å². The maximum Gasteiger partial charge on any atom is 0.258 e. The molecule has 1 saturated heterocycles. The molecule has 0 aliphatic carbocycles. The van der Waals surface area contributed by atoms with Crippen molar-refractivity contribution in [3.8, 4) is 11.1 Å². The van der Waals surface area contributed by atoms with Gasteiger partial charge in [-0.15, -0.1) is 0 Å². The van der Waals surface area contributed by atoms with Gasteiger partial charge in [0.25, 0.3) is 5.91 Å². The maximum absolute atomic E-state index is 15.5. The van der Waals surface area contributed by atoms with Crippen molar-refractivity contribution in [2.45, 2.75) is 49.4 Å². The number of amides is 1. The first-order chi connectivity index (χ1) is 17.1. The van der Waals surface area contributed by atoms with Crippen LogP contribution >= 0.6 is 11.6 Å². The highest BCUT2D eigenvalue weighted by Gasteiger charge is 2.45. The van der Waals surface area contributed by atoms with E-state index in [1.54, 1.807) is 37.3 Å². The lowest BCUT2D eigenvalue weighted by atomic mass is 9.93. The van der Waals surface area contributed by atoms with Gasteiger partial charge < -0.3 is 10.4 Å². The second kappa shape index (κ2) is 11.2. The summed E-state index contributed by atoms with van der Waals surface area (Å²) in [4.78, 5) is 12.5. The first-order valence-electron chi connectivity index (χ1n) is 11.6. The van der Waals surface area contributed by atoms with E-state index in [0.717, 1.165) is 16.0 Å². The number of benzene rings is 2. The SMILES string of the molecule is CC(O)c1ccc(S(=O)(=O)N2CCC(F)(C(=O)N[C@H](C)/C=C\S(C)(=O)=O)CC2)c(-c2ccccc2Cl)c1. The van der Waals surface area contributed by atoms with Gasteiger partial charge in [0, 0.05) is 59.8 Å². The van der Waals surface area contributed by atoms with Gasteiger partial charge in [-0.25, -0.2) is 21.2 Å². The van der Waals surface area contributed by atoms with Crippen LogP contribution in [-0.4, -0.2) is 63.2 Å². The summed E-state index contributed by atoms with van der Waals surface area (Å²) in [6.07, 6.45) is 0.665. The van der Waals surface area contributed by atoms with Crippen LogP contribution in [0.3, 0.4) is 0 Å². The summed E-state index contributed by atoms with van der Waals surface area (Å²) in [6.45, 7) is 2.60. The summed E-state index contributed by atoms with van der Waals surface area (Å²) in [6, 6.07) is 10.5. The number of carbonyl (C=O) groups excluding carboxylic acids is 1. The lowest BCUT2D eigenvalue weighted by molar-refractivity contribution is -0.135. The zero-order valence-corrected chi connectivity index (χ0v) is 23.1. The van der Waals surface area contributed by atoms with E-state index in [1.807, 2.05) is 0 Å². The topological polar surface area (TPSA) is 121 Å². The van der Waals surface area contributed by atoms with E-state index < -0.39 is 43.6 Å². The van der Waals surface area contributed by atoms with Gasteiger partial charge in [-0.2, -0.15) is 4.31 Å². The summed E-state index contributed by atoms with van der Waals surface area (Å²) in [7, 11) is -7.51. The number of hydrogen-bond acceptors (Lipinski definition) is 6. The Balaban J connectivity index is 1.84. The summed E-state index contributed by atoms with van der Waals surface area (Å²) in [5.41, 5.74) is -1.02. The van der Waals surface area contributed by atoms with Crippen molar-refractivity contribution >= 4 is 37.4 Å². The van der Waals surface area contributed by atoms with Gasteiger partial charge in [0.05, 0.1) is 11.0 Å². The number of aliphatic hydroxyl groups is 1. The van der Waals surface area contributed by atoms with E-state index in [4.69, 9.17) is 11.6 Å². The molecule has 1 amide bonds. The summed E-state index contributed by atoms with van der Waals surface area (Å²) in [5, 5.41) is 13.7. The van der Waals surface area contributed by atoms with Gasteiger partial charge in [-0.05, 0) is 37.6 Å². The largest absolute Gasteiger partial charge is 0.389 e. The lowest BCUT2D eigenvalue weighted by Gasteiger charge is -2.35. The number of nitrogens with one attached hydrogen (secondary N) is 1. The third-order valence-corrected chi connectivity index (χ3v) is 9.10. The minimum absolute atomic E-state index is 0.0413. The molecule has 37 heavy (non-hydrogen) atoms. The number of carbonyl (C=O) groups is 1. The molecule has 1 unspecified atom stereocenters. The van der Waals surface area contributed by atoms with Crippen molar-refractivity contribution in [1.82, 2.24) is 9.62 Å². The Hall–Kier alpha value is -2.31. The zero-order chi connectivity index (χ0) is 27.6. The van der Waals surface area contributed by atoms with E-state index >= 15 is 4.39 Å². The molecule has 2 aromatic rings. The van der Waals surface area contributed by atoms with Crippen LogP contribution in [0.2, 0.25) is 5.02 Å². The number of sulfone groups is 1. The molecule has 2 aromatic carbocycles. The first-order valence-corrected chi connectivity index (χ1v) is 15.4. The smallest absolute Gasteiger partial charge is 0.258 e. The van der Waals surface area contributed by atoms with Gasteiger partial charge in [0.15, 0.2) is 15.5 Å². The Bertz CT molecular complexity index is 1400. The summed E-state index contributed by atoms with van der Waals surface area (Å²) < 4.78 is 66.4. The average Bonchev–Trinajstić information content (AvgIpc) is 2.82. The minimum atomic E-state index is -4.11. The predicted molar refractivity (Wildman–Crippen MR) is 141 cm³/mol. The standard InChI is InChI=1S/C25H30ClFN2O6S2/c1-17(10-15-36(3,32)33)28-24(31)25(27)11-13-29(14-12-25)37(34,35)23-9-8-19(18(2)30)16-21(23)20-6-4-5-7-22(20)26/h4-10,15-18,30H,11-14H2,1-3H3,(H,28,31)/b15-10-/t17-,18?/m1/s1. The van der Waals surface area contributed by atoms with Gasteiger partial charge in [0.2, 0.25) is 10.0 Å². The molecule has 202 valence electrons. The fourth-order valence-corrected chi connectivity index (χ4v) is 6.40. The quantitative estimate of drug-likeness (QED) is 0.498. The van der Waals surface area contributed by atoms with E-state index in [-0.39, 0.29) is 30.8 Å². The molecule has 2 atom stereocenters. The molecular weight excluding hydrogens is 543 g/mol. The molecular formula is C25H30ClFN2O6S2. The van der Waals surface area contributed by atoms with Crippen molar-refractivity contribution in [2.75, 3.05) is 19.3 Å². The number of piperidine rings is 1. The van der Waals surface area contributed by atoms with Crippen molar-refractivity contribution in [1.29, 1.82) is 0 Å². The highest BCUT2D eigenvalue weighted by molar-refractivity contribution is 7.93. The lowest BCUT2D eigenvalue weighted by Crippen LogP contribution is -2.53. The average molecular weight is 573 g/mol. The normalized spacial score (nSPS) is 18.4. The third-order valence-electron chi connectivity index (χ3n) is 6.16. The van der Waals surface area contributed by atoms with Gasteiger partial charge in [-0.1, -0.05) is 41.9 Å². The molecule has 1 aliphatic rings. The van der Waals surface area contributed by atoms with Crippen LogP contribution < -0.4 is 5.32 Å².